The molecule has 0 saturated heterocycles. The molecule has 0 fully saturated rings. The predicted molar refractivity (Wildman–Crippen MR) is 51.8 cm³/mol. The molecule has 1 aromatic heterocycles. The van der Waals surface area contributed by atoms with Gasteiger partial charge in [0.1, 0.15) is 0 Å². The number of halogens is 3. The molecule has 0 aliphatic heterocycles. The Bertz CT molecular complexity index is 304. The van der Waals surface area contributed by atoms with E-state index >= 15 is 0 Å². The maximum Gasteiger partial charge on any atom is 0.390 e. The quantitative estimate of drug-likeness (QED) is 0.847. The standard InChI is InChI=1S/C9H14F3N3/c1-7(2)15-6-5-14-8(15)13-4-3-9(10,11)12/h5-7H,3-4H2,1-2H3,(H,13,14). The average molecular weight is 221 g/mol. The van der Waals surface area contributed by atoms with E-state index in [0.717, 1.165) is 0 Å². The van der Waals surface area contributed by atoms with Crippen LogP contribution in [0.4, 0.5) is 19.1 Å². The van der Waals surface area contributed by atoms with Gasteiger partial charge in [0.2, 0.25) is 5.95 Å². The second-order valence-corrected chi connectivity index (χ2v) is 3.54. The molecule has 0 saturated carbocycles. The molecule has 15 heavy (non-hydrogen) atoms. The van der Waals surface area contributed by atoms with Crippen LogP contribution in [0.2, 0.25) is 0 Å². The van der Waals surface area contributed by atoms with E-state index < -0.39 is 12.6 Å². The summed E-state index contributed by atoms with van der Waals surface area (Å²) >= 11 is 0. The lowest BCUT2D eigenvalue weighted by Crippen LogP contribution is -2.17. The normalized spacial score (nSPS) is 12.1. The van der Waals surface area contributed by atoms with Crippen molar-refractivity contribution in [2.24, 2.45) is 0 Å². The van der Waals surface area contributed by atoms with Crippen LogP contribution in [0.15, 0.2) is 12.4 Å². The molecule has 1 N–H and O–H groups in total. The Morgan fingerprint density at radius 2 is 2.13 bits per heavy atom. The van der Waals surface area contributed by atoms with Gasteiger partial charge in [-0.1, -0.05) is 0 Å². The number of nitrogens with one attached hydrogen (secondary N) is 1. The minimum Gasteiger partial charge on any atom is -0.355 e. The van der Waals surface area contributed by atoms with Crippen molar-refractivity contribution in [3.05, 3.63) is 12.4 Å². The van der Waals surface area contributed by atoms with E-state index in [4.69, 9.17) is 0 Å². The summed E-state index contributed by atoms with van der Waals surface area (Å²) in [5.41, 5.74) is 0. The van der Waals surface area contributed by atoms with Gasteiger partial charge in [-0.25, -0.2) is 4.98 Å². The van der Waals surface area contributed by atoms with E-state index in [1.807, 2.05) is 13.8 Å². The smallest absolute Gasteiger partial charge is 0.355 e. The van der Waals surface area contributed by atoms with E-state index in [1.54, 1.807) is 17.0 Å². The molecule has 1 aromatic rings. The van der Waals surface area contributed by atoms with Crippen LogP contribution < -0.4 is 5.32 Å². The molecular weight excluding hydrogens is 207 g/mol. The topological polar surface area (TPSA) is 29.9 Å². The molecule has 3 nitrogen and oxygen atoms in total. The summed E-state index contributed by atoms with van der Waals surface area (Å²) in [4.78, 5) is 3.94. The van der Waals surface area contributed by atoms with Gasteiger partial charge in [-0.05, 0) is 13.8 Å². The van der Waals surface area contributed by atoms with Gasteiger partial charge in [-0.3, -0.25) is 0 Å². The fourth-order valence-electron chi connectivity index (χ4n) is 1.18. The summed E-state index contributed by atoms with van der Waals surface area (Å²) in [6, 6.07) is 0.181. The molecule has 6 heteroatoms. The molecule has 1 rings (SSSR count). The zero-order valence-electron chi connectivity index (χ0n) is 8.67. The van der Waals surface area contributed by atoms with Crippen molar-refractivity contribution < 1.29 is 13.2 Å². The molecule has 1 heterocycles. The molecule has 0 radical (unpaired) electrons. The third-order valence-electron chi connectivity index (χ3n) is 1.92. The second-order valence-electron chi connectivity index (χ2n) is 3.54. The van der Waals surface area contributed by atoms with Gasteiger partial charge in [0, 0.05) is 25.0 Å². The molecular formula is C9H14F3N3. The number of anilines is 1. The van der Waals surface area contributed by atoms with E-state index in [-0.39, 0.29) is 12.6 Å². The highest BCUT2D eigenvalue weighted by Gasteiger charge is 2.26. The van der Waals surface area contributed by atoms with E-state index in [1.165, 1.54) is 0 Å². The Kier molecular flexibility index (Phi) is 3.60. The highest BCUT2D eigenvalue weighted by molar-refractivity contribution is 5.26. The monoisotopic (exact) mass is 221 g/mol. The first-order chi connectivity index (χ1) is 6.90. The zero-order valence-corrected chi connectivity index (χ0v) is 8.67. The summed E-state index contributed by atoms with van der Waals surface area (Å²) in [5, 5.41) is 2.66. The highest BCUT2D eigenvalue weighted by Crippen LogP contribution is 2.19. The van der Waals surface area contributed by atoms with Crippen molar-refractivity contribution >= 4 is 5.95 Å². The summed E-state index contributed by atoms with van der Waals surface area (Å²) in [6.45, 7) is 3.74. The van der Waals surface area contributed by atoms with Crippen molar-refractivity contribution in [2.45, 2.75) is 32.5 Å². The van der Waals surface area contributed by atoms with Crippen LogP contribution in [0.3, 0.4) is 0 Å². The number of imidazole rings is 1. The lowest BCUT2D eigenvalue weighted by Gasteiger charge is -2.13. The van der Waals surface area contributed by atoms with Gasteiger partial charge in [-0.2, -0.15) is 13.2 Å². The number of rotatable bonds is 4. The summed E-state index contributed by atoms with van der Waals surface area (Å²) < 4.78 is 37.4. The van der Waals surface area contributed by atoms with Gasteiger partial charge in [0.05, 0.1) is 6.42 Å². The van der Waals surface area contributed by atoms with Crippen molar-refractivity contribution in [1.29, 1.82) is 0 Å². The Balaban J connectivity index is 2.47. The molecule has 86 valence electrons. The zero-order chi connectivity index (χ0) is 11.5. The first kappa shape index (κ1) is 11.9. The summed E-state index contributed by atoms with van der Waals surface area (Å²) in [5.74, 6) is 0.481. The second kappa shape index (κ2) is 4.55. The van der Waals surface area contributed by atoms with Gasteiger partial charge in [-0.15, -0.1) is 0 Å². The Morgan fingerprint density at radius 1 is 1.47 bits per heavy atom. The fraction of sp³-hybridized carbons (Fsp3) is 0.667. The number of alkyl halides is 3. The lowest BCUT2D eigenvalue weighted by molar-refractivity contribution is -0.131. The van der Waals surface area contributed by atoms with Crippen LogP contribution in [0.1, 0.15) is 26.3 Å². The molecule has 0 aromatic carbocycles. The maximum atomic E-state index is 11.9. The Morgan fingerprint density at radius 3 is 2.67 bits per heavy atom. The van der Waals surface area contributed by atoms with E-state index in [2.05, 4.69) is 10.3 Å². The third-order valence-corrected chi connectivity index (χ3v) is 1.92. The number of aromatic nitrogens is 2. The van der Waals surface area contributed by atoms with E-state index in [9.17, 15) is 13.2 Å². The molecule has 0 spiro atoms. The minimum atomic E-state index is -4.12. The maximum absolute atomic E-state index is 11.9. The molecule has 0 atom stereocenters. The van der Waals surface area contributed by atoms with Gasteiger partial charge in [0.15, 0.2) is 0 Å². The van der Waals surface area contributed by atoms with Crippen molar-refractivity contribution in [3.63, 3.8) is 0 Å². The van der Waals surface area contributed by atoms with Crippen LogP contribution in [0.5, 0.6) is 0 Å². The molecule has 0 aliphatic rings. The first-order valence-corrected chi connectivity index (χ1v) is 4.73. The fourth-order valence-corrected chi connectivity index (χ4v) is 1.18. The largest absolute Gasteiger partial charge is 0.390 e. The van der Waals surface area contributed by atoms with Crippen LogP contribution in [0.25, 0.3) is 0 Å². The minimum absolute atomic E-state index is 0.146. The van der Waals surface area contributed by atoms with Crippen LogP contribution in [0, 0.1) is 0 Å². The molecule has 0 aliphatic carbocycles. The number of nitrogens with zero attached hydrogens (tertiary/aromatic N) is 2. The predicted octanol–water partition coefficient (Wildman–Crippen LogP) is 2.83. The molecule has 0 amide bonds. The van der Waals surface area contributed by atoms with E-state index in [0.29, 0.717) is 5.95 Å². The molecule has 0 bridgehead atoms. The molecule has 0 unspecified atom stereocenters. The van der Waals surface area contributed by atoms with Crippen molar-refractivity contribution in [3.8, 4) is 0 Å². The van der Waals surface area contributed by atoms with Gasteiger partial charge in [0.25, 0.3) is 0 Å². The third kappa shape index (κ3) is 3.81. The SMILES string of the molecule is CC(C)n1ccnc1NCCC(F)(F)F. The Labute approximate surface area is 86.3 Å². The number of hydrogen-bond acceptors (Lipinski definition) is 2. The average Bonchev–Trinajstić information content (AvgIpc) is 2.49. The number of hydrogen-bond donors (Lipinski definition) is 1. The lowest BCUT2D eigenvalue weighted by atomic mass is 10.4. The Hall–Kier alpha value is -1.20. The summed E-state index contributed by atoms with van der Waals surface area (Å²) in [7, 11) is 0. The first-order valence-electron chi connectivity index (χ1n) is 4.73. The van der Waals surface area contributed by atoms with Crippen molar-refractivity contribution in [2.75, 3.05) is 11.9 Å². The van der Waals surface area contributed by atoms with Gasteiger partial charge >= 0.3 is 6.18 Å². The van der Waals surface area contributed by atoms with Gasteiger partial charge < -0.3 is 9.88 Å². The summed E-state index contributed by atoms with van der Waals surface area (Å²) in [6.07, 6.45) is -1.67. The highest BCUT2D eigenvalue weighted by atomic mass is 19.4. The van der Waals surface area contributed by atoms with Crippen LogP contribution in [-0.2, 0) is 0 Å². The van der Waals surface area contributed by atoms with Crippen LogP contribution >= 0.6 is 0 Å². The van der Waals surface area contributed by atoms with Crippen molar-refractivity contribution in [1.82, 2.24) is 9.55 Å². The van der Waals surface area contributed by atoms with Crippen LogP contribution in [-0.4, -0.2) is 22.3 Å².